The minimum atomic E-state index is 0.644. The maximum absolute atomic E-state index is 5.11. The Labute approximate surface area is 112 Å². The first-order valence-corrected chi connectivity index (χ1v) is 6.38. The van der Waals surface area contributed by atoms with Crippen molar-refractivity contribution >= 4 is 23.0 Å². The number of anilines is 1. The molecule has 3 heteroatoms. The molecule has 0 saturated heterocycles. The zero-order chi connectivity index (χ0) is 12.5. The van der Waals surface area contributed by atoms with E-state index in [-0.39, 0.29) is 0 Å². The summed E-state index contributed by atoms with van der Waals surface area (Å²) in [5.74, 6) is 0. The molecule has 0 atom stereocenters. The fourth-order valence-electron chi connectivity index (χ4n) is 2.42. The molecular weight excluding hydrogens is 240 g/mol. The molecule has 0 saturated carbocycles. The van der Waals surface area contributed by atoms with Crippen molar-refractivity contribution in [3.8, 4) is 11.1 Å². The molecule has 1 aliphatic carbocycles. The molecule has 1 aliphatic rings. The number of fused-ring (bicyclic) bond motifs is 3. The molecule has 18 heavy (non-hydrogen) atoms. The molecule has 0 heterocycles. The standard InChI is InChI=1S/C15H14N2S/c1-16-15(18)17-12-6-7-14-11(9-12)8-10-4-2-3-5-13(10)14/h2-7,9H,8H2,1H3,(H2,16,17,18). The number of rotatable bonds is 1. The maximum Gasteiger partial charge on any atom is 0.170 e. The average Bonchev–Trinajstić information content (AvgIpc) is 2.76. The van der Waals surface area contributed by atoms with E-state index in [1.54, 1.807) is 0 Å². The van der Waals surface area contributed by atoms with Crippen molar-refractivity contribution in [2.75, 3.05) is 12.4 Å². The van der Waals surface area contributed by atoms with Crippen molar-refractivity contribution in [1.29, 1.82) is 0 Å². The molecule has 0 unspecified atom stereocenters. The van der Waals surface area contributed by atoms with Gasteiger partial charge in [-0.05, 0) is 53.0 Å². The summed E-state index contributed by atoms with van der Waals surface area (Å²) >= 11 is 5.11. The predicted molar refractivity (Wildman–Crippen MR) is 80.0 cm³/mol. The van der Waals surface area contributed by atoms with Gasteiger partial charge in [-0.2, -0.15) is 0 Å². The zero-order valence-electron chi connectivity index (χ0n) is 10.2. The first-order valence-electron chi connectivity index (χ1n) is 5.98. The molecular formula is C15H14N2S. The second-order valence-corrected chi connectivity index (χ2v) is 4.82. The molecule has 0 radical (unpaired) electrons. The van der Waals surface area contributed by atoms with Gasteiger partial charge in [0.25, 0.3) is 0 Å². The van der Waals surface area contributed by atoms with Gasteiger partial charge in [0.1, 0.15) is 0 Å². The molecule has 0 spiro atoms. The van der Waals surface area contributed by atoms with Crippen LogP contribution in [0.3, 0.4) is 0 Å². The van der Waals surface area contributed by atoms with Crippen LogP contribution >= 0.6 is 12.2 Å². The Morgan fingerprint density at radius 3 is 2.67 bits per heavy atom. The Kier molecular flexibility index (Phi) is 2.76. The van der Waals surface area contributed by atoms with E-state index >= 15 is 0 Å². The first kappa shape index (κ1) is 11.2. The lowest BCUT2D eigenvalue weighted by Gasteiger charge is -2.08. The van der Waals surface area contributed by atoms with Crippen LogP contribution in [-0.4, -0.2) is 12.2 Å². The van der Waals surface area contributed by atoms with Crippen molar-refractivity contribution in [1.82, 2.24) is 5.32 Å². The van der Waals surface area contributed by atoms with Gasteiger partial charge in [0.2, 0.25) is 0 Å². The van der Waals surface area contributed by atoms with Gasteiger partial charge in [-0.25, -0.2) is 0 Å². The monoisotopic (exact) mass is 254 g/mol. The molecule has 2 aromatic rings. The SMILES string of the molecule is CNC(=S)Nc1ccc2c(c1)Cc1ccccc1-2. The van der Waals surface area contributed by atoms with Crippen molar-refractivity contribution in [2.24, 2.45) is 0 Å². The van der Waals surface area contributed by atoms with E-state index in [1.807, 2.05) is 7.05 Å². The topological polar surface area (TPSA) is 24.1 Å². The van der Waals surface area contributed by atoms with Gasteiger partial charge >= 0.3 is 0 Å². The molecule has 2 N–H and O–H groups in total. The quantitative estimate of drug-likeness (QED) is 0.652. The summed E-state index contributed by atoms with van der Waals surface area (Å²) in [4.78, 5) is 0. The van der Waals surface area contributed by atoms with Crippen LogP contribution in [0.5, 0.6) is 0 Å². The van der Waals surface area contributed by atoms with Crippen LogP contribution in [0.1, 0.15) is 11.1 Å². The molecule has 90 valence electrons. The highest BCUT2D eigenvalue weighted by Crippen LogP contribution is 2.37. The van der Waals surface area contributed by atoms with E-state index in [4.69, 9.17) is 12.2 Å². The molecule has 2 nitrogen and oxygen atoms in total. The third kappa shape index (κ3) is 1.87. The normalized spacial score (nSPS) is 11.6. The molecule has 0 amide bonds. The van der Waals surface area contributed by atoms with Crippen LogP contribution in [0.2, 0.25) is 0 Å². The van der Waals surface area contributed by atoms with Gasteiger partial charge < -0.3 is 10.6 Å². The van der Waals surface area contributed by atoms with E-state index in [0.717, 1.165) is 12.1 Å². The summed E-state index contributed by atoms with van der Waals surface area (Å²) in [7, 11) is 1.82. The van der Waals surface area contributed by atoms with Crippen LogP contribution in [0, 0.1) is 0 Å². The molecule has 0 fully saturated rings. The van der Waals surface area contributed by atoms with Crippen LogP contribution in [0.25, 0.3) is 11.1 Å². The molecule has 0 bridgehead atoms. The Balaban J connectivity index is 1.96. The van der Waals surface area contributed by atoms with E-state index < -0.39 is 0 Å². The summed E-state index contributed by atoms with van der Waals surface area (Å²) in [6.45, 7) is 0. The Morgan fingerprint density at radius 2 is 1.83 bits per heavy atom. The van der Waals surface area contributed by atoms with Crippen molar-refractivity contribution in [3.63, 3.8) is 0 Å². The summed E-state index contributed by atoms with van der Waals surface area (Å²) < 4.78 is 0. The summed E-state index contributed by atoms with van der Waals surface area (Å²) in [6, 6.07) is 15.0. The third-order valence-corrected chi connectivity index (χ3v) is 3.58. The van der Waals surface area contributed by atoms with Gasteiger partial charge in [0.15, 0.2) is 5.11 Å². The highest BCUT2D eigenvalue weighted by molar-refractivity contribution is 7.80. The van der Waals surface area contributed by atoms with E-state index in [2.05, 4.69) is 53.1 Å². The van der Waals surface area contributed by atoms with E-state index in [1.165, 1.54) is 22.3 Å². The fourth-order valence-corrected chi connectivity index (χ4v) is 2.53. The van der Waals surface area contributed by atoms with Crippen molar-refractivity contribution in [3.05, 3.63) is 53.6 Å². The molecule has 2 aromatic carbocycles. The fraction of sp³-hybridized carbons (Fsp3) is 0.133. The van der Waals surface area contributed by atoms with Crippen LogP contribution in [0.4, 0.5) is 5.69 Å². The maximum atomic E-state index is 5.11. The Morgan fingerprint density at radius 1 is 1.06 bits per heavy atom. The molecule has 0 aliphatic heterocycles. The Bertz CT molecular complexity index is 620. The number of benzene rings is 2. The minimum absolute atomic E-state index is 0.644. The van der Waals surface area contributed by atoms with E-state index in [9.17, 15) is 0 Å². The number of hydrogen-bond donors (Lipinski definition) is 2. The van der Waals surface area contributed by atoms with Crippen LogP contribution < -0.4 is 10.6 Å². The average molecular weight is 254 g/mol. The molecule has 0 aromatic heterocycles. The minimum Gasteiger partial charge on any atom is -0.366 e. The number of nitrogens with one attached hydrogen (secondary N) is 2. The first-order chi connectivity index (χ1) is 8.78. The van der Waals surface area contributed by atoms with Gasteiger partial charge in [-0.1, -0.05) is 30.3 Å². The summed E-state index contributed by atoms with van der Waals surface area (Å²) in [5.41, 5.74) is 6.50. The van der Waals surface area contributed by atoms with Gasteiger partial charge in [-0.15, -0.1) is 0 Å². The van der Waals surface area contributed by atoms with Gasteiger partial charge in [0.05, 0.1) is 0 Å². The second kappa shape index (κ2) is 4.42. The second-order valence-electron chi connectivity index (χ2n) is 4.41. The summed E-state index contributed by atoms with van der Waals surface area (Å²) in [5, 5.41) is 6.73. The number of hydrogen-bond acceptors (Lipinski definition) is 1. The largest absolute Gasteiger partial charge is 0.366 e. The van der Waals surface area contributed by atoms with Gasteiger partial charge in [0, 0.05) is 12.7 Å². The Hall–Kier alpha value is -1.87. The zero-order valence-corrected chi connectivity index (χ0v) is 11.0. The highest BCUT2D eigenvalue weighted by Gasteiger charge is 2.17. The van der Waals surface area contributed by atoms with Crippen LogP contribution in [-0.2, 0) is 6.42 Å². The van der Waals surface area contributed by atoms with Crippen LogP contribution in [0.15, 0.2) is 42.5 Å². The number of thiocarbonyl (C=S) groups is 1. The lowest BCUT2D eigenvalue weighted by Crippen LogP contribution is -2.24. The molecule has 3 rings (SSSR count). The third-order valence-electron chi connectivity index (χ3n) is 3.28. The van der Waals surface area contributed by atoms with Gasteiger partial charge in [-0.3, -0.25) is 0 Å². The highest BCUT2D eigenvalue weighted by atomic mass is 32.1. The smallest absolute Gasteiger partial charge is 0.170 e. The van der Waals surface area contributed by atoms with E-state index in [0.29, 0.717) is 5.11 Å². The summed E-state index contributed by atoms with van der Waals surface area (Å²) in [6.07, 6.45) is 1.01. The van der Waals surface area contributed by atoms with Crippen molar-refractivity contribution < 1.29 is 0 Å². The lowest BCUT2D eigenvalue weighted by atomic mass is 10.1. The van der Waals surface area contributed by atoms with Crippen molar-refractivity contribution in [2.45, 2.75) is 6.42 Å². The lowest BCUT2D eigenvalue weighted by molar-refractivity contribution is 1.19. The predicted octanol–water partition coefficient (Wildman–Crippen LogP) is 3.17.